The summed E-state index contributed by atoms with van der Waals surface area (Å²) < 4.78 is 6.28. The smallest absolute Gasteiger partial charge is 0.131 e. The minimum absolute atomic E-state index is 0.0358. The normalized spacial score (nSPS) is 13.6. The lowest BCUT2D eigenvalue weighted by molar-refractivity contribution is 0.369. The quantitative estimate of drug-likeness (QED) is 0.363. The van der Waals surface area contributed by atoms with Crippen molar-refractivity contribution in [1.29, 1.82) is 0 Å². The fraction of sp³-hybridized carbons (Fsp3) is 0.310. The third kappa shape index (κ3) is 4.67. The summed E-state index contributed by atoms with van der Waals surface area (Å²) in [5.41, 5.74) is 4.02. The minimum Gasteiger partial charge on any atom is -0.457 e. The van der Waals surface area contributed by atoms with Crippen molar-refractivity contribution in [2.45, 2.75) is 58.3 Å². The lowest BCUT2D eigenvalue weighted by atomic mass is 9.67. The Bertz CT molecular complexity index is 894. The summed E-state index contributed by atoms with van der Waals surface area (Å²) in [6.07, 6.45) is 10.1. The van der Waals surface area contributed by atoms with Gasteiger partial charge in [-0.3, -0.25) is 0 Å². The molecule has 0 N–H and O–H groups in total. The number of hydrogen-bond acceptors (Lipinski definition) is 1. The molecule has 30 heavy (non-hydrogen) atoms. The van der Waals surface area contributed by atoms with Crippen LogP contribution in [-0.4, -0.2) is 0 Å². The van der Waals surface area contributed by atoms with Crippen molar-refractivity contribution >= 4 is 0 Å². The zero-order chi connectivity index (χ0) is 21.2. The number of benzene rings is 3. The third-order valence-electron chi connectivity index (χ3n) is 5.81. The largest absolute Gasteiger partial charge is 0.457 e. The van der Waals surface area contributed by atoms with Gasteiger partial charge in [0.05, 0.1) is 0 Å². The number of fused-ring (bicyclic) bond motifs is 2. The van der Waals surface area contributed by atoms with Gasteiger partial charge in [-0.25, -0.2) is 0 Å². The Balaban J connectivity index is 0.00000124. The Labute approximate surface area is 182 Å². The molecule has 0 unspecified atom stereocenters. The van der Waals surface area contributed by atoms with E-state index >= 15 is 0 Å². The fourth-order valence-electron chi connectivity index (χ4n) is 4.45. The van der Waals surface area contributed by atoms with Crippen LogP contribution in [0.25, 0.3) is 0 Å². The predicted octanol–water partition coefficient (Wildman–Crippen LogP) is 8.48. The lowest BCUT2D eigenvalue weighted by Gasteiger charge is -2.40. The summed E-state index contributed by atoms with van der Waals surface area (Å²) in [6, 6.07) is 28.0. The zero-order valence-electron chi connectivity index (χ0n) is 18.6. The maximum absolute atomic E-state index is 6.28. The van der Waals surface area contributed by atoms with Gasteiger partial charge in [-0.2, -0.15) is 0 Å². The Morgan fingerprint density at radius 1 is 0.733 bits per heavy atom. The van der Waals surface area contributed by atoms with Crippen molar-refractivity contribution in [2.75, 3.05) is 0 Å². The number of rotatable bonds is 7. The number of allylic oxidation sites excluding steroid dienone is 2. The second kappa shape index (κ2) is 10.8. The molecule has 0 fully saturated rings. The molecule has 0 saturated carbocycles. The first-order valence-corrected chi connectivity index (χ1v) is 11.4. The van der Waals surface area contributed by atoms with E-state index in [1.165, 1.54) is 16.7 Å². The van der Waals surface area contributed by atoms with Gasteiger partial charge in [0.15, 0.2) is 0 Å². The van der Waals surface area contributed by atoms with Crippen molar-refractivity contribution in [3.8, 4) is 11.5 Å². The summed E-state index contributed by atoms with van der Waals surface area (Å²) in [5.74, 6) is 2.01. The molecule has 0 aliphatic carbocycles. The molecule has 0 aromatic heterocycles. The van der Waals surface area contributed by atoms with Gasteiger partial charge < -0.3 is 4.74 Å². The first-order valence-electron chi connectivity index (χ1n) is 11.4. The summed E-state index contributed by atoms with van der Waals surface area (Å²) in [5, 5.41) is 0. The predicted molar refractivity (Wildman–Crippen MR) is 129 cm³/mol. The van der Waals surface area contributed by atoms with E-state index in [-0.39, 0.29) is 5.41 Å². The molecule has 0 bridgehead atoms. The average Bonchev–Trinajstić information content (AvgIpc) is 2.81. The van der Waals surface area contributed by atoms with E-state index in [1.54, 1.807) is 0 Å². The molecule has 3 aromatic rings. The van der Waals surface area contributed by atoms with Crippen LogP contribution in [0.3, 0.4) is 0 Å². The highest BCUT2D eigenvalue weighted by atomic mass is 16.5. The van der Waals surface area contributed by atoms with Gasteiger partial charge in [-0.05, 0) is 49.8 Å². The minimum atomic E-state index is -0.0358. The molecule has 1 nitrogen and oxygen atoms in total. The molecule has 3 aromatic carbocycles. The van der Waals surface area contributed by atoms with Crippen molar-refractivity contribution < 1.29 is 4.74 Å². The molecule has 1 heteroatoms. The van der Waals surface area contributed by atoms with Gasteiger partial charge in [-0.1, -0.05) is 99.7 Å². The highest BCUT2D eigenvalue weighted by molar-refractivity contribution is 5.57. The zero-order valence-corrected chi connectivity index (χ0v) is 18.6. The van der Waals surface area contributed by atoms with Crippen LogP contribution in [0.2, 0.25) is 0 Å². The van der Waals surface area contributed by atoms with Crippen LogP contribution in [0.5, 0.6) is 11.5 Å². The summed E-state index contributed by atoms with van der Waals surface area (Å²) >= 11 is 0. The van der Waals surface area contributed by atoms with Gasteiger partial charge in [0.25, 0.3) is 0 Å². The SMILES string of the molecule is CC.CC/C=C\CC1(CCCc2ccccc2)c2ccccc2Oc2ccccc21. The Morgan fingerprint density at radius 3 is 1.90 bits per heavy atom. The number of ether oxygens (including phenoxy) is 1. The van der Waals surface area contributed by atoms with Crippen molar-refractivity contribution in [1.82, 2.24) is 0 Å². The second-order valence-corrected chi connectivity index (χ2v) is 7.60. The standard InChI is InChI=1S/C27H28O.C2H6/c1-2-3-11-20-27(21-12-15-22-13-5-4-6-14-22)23-16-7-9-18-25(23)28-26-19-10-8-17-24(26)27;1-2/h3-11,13-14,16-19H,2,12,15,20-21H2,1H3;1-2H3/b11-3-;. The third-order valence-corrected chi connectivity index (χ3v) is 5.81. The van der Waals surface area contributed by atoms with Crippen LogP contribution in [0.15, 0.2) is 91.0 Å². The fourth-order valence-corrected chi connectivity index (χ4v) is 4.45. The van der Waals surface area contributed by atoms with Crippen molar-refractivity contribution in [2.24, 2.45) is 0 Å². The molecule has 1 aliphatic rings. The molecule has 0 radical (unpaired) electrons. The maximum Gasteiger partial charge on any atom is 0.131 e. The summed E-state index contributed by atoms with van der Waals surface area (Å²) in [4.78, 5) is 0. The molecule has 1 heterocycles. The maximum atomic E-state index is 6.28. The van der Waals surface area contributed by atoms with Crippen molar-refractivity contribution in [3.63, 3.8) is 0 Å². The van der Waals surface area contributed by atoms with Crippen molar-refractivity contribution in [3.05, 3.63) is 108 Å². The van der Waals surface area contributed by atoms with Gasteiger partial charge in [0.2, 0.25) is 0 Å². The van der Waals surface area contributed by atoms with Crippen LogP contribution in [0, 0.1) is 0 Å². The van der Waals surface area contributed by atoms with Gasteiger partial charge in [0, 0.05) is 16.5 Å². The molecule has 1 aliphatic heterocycles. The molecule has 0 saturated heterocycles. The summed E-state index contributed by atoms with van der Waals surface area (Å²) in [6.45, 7) is 6.20. The van der Waals surface area contributed by atoms with E-state index in [9.17, 15) is 0 Å². The molecular weight excluding hydrogens is 364 g/mol. The Hall–Kier alpha value is -2.80. The number of hydrogen-bond donors (Lipinski definition) is 0. The van der Waals surface area contributed by atoms with Crippen LogP contribution in [0.4, 0.5) is 0 Å². The molecule has 0 atom stereocenters. The molecule has 0 amide bonds. The Morgan fingerprint density at radius 2 is 1.30 bits per heavy atom. The van der Waals surface area contributed by atoms with Gasteiger partial charge >= 0.3 is 0 Å². The van der Waals surface area contributed by atoms with E-state index in [0.717, 1.165) is 43.6 Å². The highest BCUT2D eigenvalue weighted by Crippen LogP contribution is 2.52. The van der Waals surface area contributed by atoms with Gasteiger partial charge in [0.1, 0.15) is 11.5 Å². The average molecular weight is 399 g/mol. The molecule has 4 rings (SSSR count). The molecule has 156 valence electrons. The van der Waals surface area contributed by atoms with E-state index in [4.69, 9.17) is 4.74 Å². The first kappa shape index (κ1) is 21.9. The van der Waals surface area contributed by atoms with Crippen LogP contribution >= 0.6 is 0 Å². The lowest BCUT2D eigenvalue weighted by Crippen LogP contribution is -2.31. The van der Waals surface area contributed by atoms with Crippen LogP contribution in [0.1, 0.15) is 63.1 Å². The van der Waals surface area contributed by atoms with Gasteiger partial charge in [-0.15, -0.1) is 0 Å². The highest BCUT2D eigenvalue weighted by Gasteiger charge is 2.40. The second-order valence-electron chi connectivity index (χ2n) is 7.60. The monoisotopic (exact) mass is 398 g/mol. The van der Waals surface area contributed by atoms with E-state index < -0.39 is 0 Å². The Kier molecular flexibility index (Phi) is 7.90. The van der Waals surface area contributed by atoms with E-state index in [2.05, 4.69) is 97.9 Å². The topological polar surface area (TPSA) is 9.23 Å². The molecular formula is C29H34O. The molecule has 0 spiro atoms. The van der Waals surface area contributed by atoms with E-state index in [0.29, 0.717) is 0 Å². The van der Waals surface area contributed by atoms with E-state index in [1.807, 2.05) is 13.8 Å². The van der Waals surface area contributed by atoms with Crippen LogP contribution < -0.4 is 4.74 Å². The van der Waals surface area contributed by atoms with Crippen LogP contribution in [-0.2, 0) is 11.8 Å². The number of para-hydroxylation sites is 2. The summed E-state index contributed by atoms with van der Waals surface area (Å²) in [7, 11) is 0. The number of aryl methyl sites for hydroxylation is 1. The first-order chi connectivity index (χ1) is 14.8.